The van der Waals surface area contributed by atoms with Crippen LogP contribution in [-0.2, 0) is 0 Å². The van der Waals surface area contributed by atoms with Gasteiger partial charge in [-0.25, -0.2) is 9.97 Å². The van der Waals surface area contributed by atoms with Gasteiger partial charge in [0.1, 0.15) is 16.8 Å². The number of halogens is 2. The summed E-state index contributed by atoms with van der Waals surface area (Å²) in [6.07, 6.45) is 3.46. The van der Waals surface area contributed by atoms with Crippen molar-refractivity contribution in [1.82, 2.24) is 19.5 Å². The summed E-state index contributed by atoms with van der Waals surface area (Å²) in [5, 5.41) is 0.439. The number of aromatic nitrogens is 4. The first kappa shape index (κ1) is 9.43. The fourth-order valence-electron chi connectivity index (χ4n) is 1.12. The highest BCUT2D eigenvalue weighted by Crippen LogP contribution is 2.14. The van der Waals surface area contributed by atoms with Gasteiger partial charge < -0.3 is 0 Å². The van der Waals surface area contributed by atoms with Gasteiger partial charge in [-0.2, -0.15) is 4.98 Å². The number of hydrogen-bond acceptors (Lipinski definition) is 3. The maximum absolute atomic E-state index is 5.75. The van der Waals surface area contributed by atoms with Crippen LogP contribution in [0.3, 0.4) is 0 Å². The molecule has 0 aliphatic rings. The fourth-order valence-corrected chi connectivity index (χ4v) is 1.52. The first-order valence-electron chi connectivity index (χ1n) is 3.87. The average Bonchev–Trinajstić information content (AvgIpc) is 2.49. The standard InChI is InChI=1S/C8H6Cl2N4/c1-5-11-2-3-14(5)7-4-6(9)12-8(10)13-7/h2-4H,1H3. The minimum Gasteiger partial charge on any atom is -0.288 e. The van der Waals surface area contributed by atoms with Gasteiger partial charge in [-0.15, -0.1) is 0 Å². The van der Waals surface area contributed by atoms with Gasteiger partial charge in [0.25, 0.3) is 0 Å². The largest absolute Gasteiger partial charge is 0.288 e. The van der Waals surface area contributed by atoms with Crippen LogP contribution in [0.15, 0.2) is 18.5 Å². The summed E-state index contributed by atoms with van der Waals surface area (Å²) in [5.74, 6) is 1.43. The van der Waals surface area contributed by atoms with Crippen LogP contribution in [0.2, 0.25) is 10.4 Å². The Morgan fingerprint density at radius 1 is 1.29 bits per heavy atom. The Morgan fingerprint density at radius 2 is 2.07 bits per heavy atom. The van der Waals surface area contributed by atoms with Gasteiger partial charge in [-0.1, -0.05) is 11.6 Å². The van der Waals surface area contributed by atoms with E-state index in [4.69, 9.17) is 23.2 Å². The maximum Gasteiger partial charge on any atom is 0.225 e. The van der Waals surface area contributed by atoms with Crippen molar-refractivity contribution in [2.24, 2.45) is 0 Å². The number of hydrogen-bond donors (Lipinski definition) is 0. The third-order valence-electron chi connectivity index (χ3n) is 1.73. The molecule has 2 rings (SSSR count). The van der Waals surface area contributed by atoms with Crippen LogP contribution in [-0.4, -0.2) is 19.5 Å². The predicted molar refractivity (Wildman–Crippen MR) is 53.9 cm³/mol. The van der Waals surface area contributed by atoms with Gasteiger partial charge >= 0.3 is 0 Å². The van der Waals surface area contributed by atoms with Crippen molar-refractivity contribution >= 4 is 23.2 Å². The summed E-state index contributed by atoms with van der Waals surface area (Å²) in [7, 11) is 0. The molecule has 14 heavy (non-hydrogen) atoms. The summed E-state index contributed by atoms with van der Waals surface area (Å²) < 4.78 is 1.78. The van der Waals surface area contributed by atoms with Crippen LogP contribution in [0, 0.1) is 6.92 Å². The van der Waals surface area contributed by atoms with E-state index in [0.717, 1.165) is 5.82 Å². The molecule has 0 N–H and O–H groups in total. The van der Waals surface area contributed by atoms with E-state index in [1.165, 1.54) is 0 Å². The Bertz CT molecular complexity index is 446. The van der Waals surface area contributed by atoms with E-state index < -0.39 is 0 Å². The first-order chi connectivity index (χ1) is 6.66. The quantitative estimate of drug-likeness (QED) is 0.556. The molecule has 0 aliphatic heterocycles. The molecule has 0 saturated carbocycles. The van der Waals surface area contributed by atoms with E-state index in [0.29, 0.717) is 11.0 Å². The topological polar surface area (TPSA) is 43.6 Å². The predicted octanol–water partition coefficient (Wildman–Crippen LogP) is 2.28. The molecule has 0 radical (unpaired) electrons. The van der Waals surface area contributed by atoms with E-state index in [9.17, 15) is 0 Å². The van der Waals surface area contributed by atoms with Gasteiger partial charge in [0.15, 0.2) is 0 Å². The summed E-state index contributed by atoms with van der Waals surface area (Å²) in [4.78, 5) is 11.9. The van der Waals surface area contributed by atoms with Gasteiger partial charge in [-0.05, 0) is 18.5 Å². The molecule has 0 unspecified atom stereocenters. The summed E-state index contributed by atoms with van der Waals surface area (Å²) in [6.45, 7) is 1.86. The van der Waals surface area contributed by atoms with Crippen molar-refractivity contribution < 1.29 is 0 Å². The molecule has 0 aromatic carbocycles. The van der Waals surface area contributed by atoms with Crippen LogP contribution < -0.4 is 0 Å². The monoisotopic (exact) mass is 228 g/mol. The van der Waals surface area contributed by atoms with Crippen molar-refractivity contribution in [3.8, 4) is 5.82 Å². The maximum atomic E-state index is 5.75. The van der Waals surface area contributed by atoms with Crippen molar-refractivity contribution in [3.05, 3.63) is 34.7 Å². The summed E-state index contributed by atoms with van der Waals surface area (Å²) >= 11 is 11.4. The number of nitrogens with zero attached hydrogens (tertiary/aromatic N) is 4. The Morgan fingerprint density at radius 3 is 2.64 bits per heavy atom. The summed E-state index contributed by atoms with van der Waals surface area (Å²) in [6, 6.07) is 1.63. The molecular formula is C8H6Cl2N4. The first-order valence-corrected chi connectivity index (χ1v) is 4.63. The highest BCUT2D eigenvalue weighted by Gasteiger charge is 2.05. The van der Waals surface area contributed by atoms with Crippen LogP contribution in [0.4, 0.5) is 0 Å². The SMILES string of the molecule is Cc1nccn1-c1cc(Cl)nc(Cl)n1. The molecule has 0 bridgehead atoms. The molecular weight excluding hydrogens is 223 g/mol. The van der Waals surface area contributed by atoms with Gasteiger partial charge in [-0.3, -0.25) is 4.57 Å². The second kappa shape index (κ2) is 3.55. The van der Waals surface area contributed by atoms with Crippen molar-refractivity contribution in [2.45, 2.75) is 6.92 Å². The third kappa shape index (κ3) is 1.71. The van der Waals surface area contributed by atoms with E-state index >= 15 is 0 Å². The van der Waals surface area contributed by atoms with E-state index in [2.05, 4.69) is 15.0 Å². The lowest BCUT2D eigenvalue weighted by molar-refractivity contribution is 0.920. The molecule has 0 aliphatic carbocycles. The van der Waals surface area contributed by atoms with Gasteiger partial charge in [0.2, 0.25) is 5.28 Å². The second-order valence-electron chi connectivity index (χ2n) is 2.66. The molecule has 0 fully saturated rings. The fraction of sp³-hybridized carbons (Fsp3) is 0.125. The van der Waals surface area contributed by atoms with E-state index in [1.807, 2.05) is 6.92 Å². The molecule has 2 heterocycles. The van der Waals surface area contributed by atoms with E-state index in [1.54, 1.807) is 23.0 Å². The van der Waals surface area contributed by atoms with Crippen LogP contribution in [0.25, 0.3) is 5.82 Å². The molecule has 0 amide bonds. The normalized spacial score (nSPS) is 10.5. The Balaban J connectivity index is 2.57. The number of rotatable bonds is 1. The number of aryl methyl sites for hydroxylation is 1. The molecule has 0 saturated heterocycles. The van der Waals surface area contributed by atoms with Crippen LogP contribution in [0.5, 0.6) is 0 Å². The summed E-state index contributed by atoms with van der Waals surface area (Å²) in [5.41, 5.74) is 0. The third-order valence-corrected chi connectivity index (χ3v) is 2.09. The van der Waals surface area contributed by atoms with Gasteiger partial charge in [0.05, 0.1) is 0 Å². The Kier molecular flexibility index (Phi) is 2.39. The van der Waals surface area contributed by atoms with Crippen molar-refractivity contribution in [1.29, 1.82) is 0 Å². The van der Waals surface area contributed by atoms with Crippen LogP contribution >= 0.6 is 23.2 Å². The Labute approximate surface area is 90.5 Å². The highest BCUT2D eigenvalue weighted by atomic mass is 35.5. The molecule has 2 aromatic heterocycles. The Hall–Kier alpha value is -1.13. The average molecular weight is 229 g/mol. The zero-order valence-electron chi connectivity index (χ0n) is 7.28. The smallest absolute Gasteiger partial charge is 0.225 e. The highest BCUT2D eigenvalue weighted by molar-refractivity contribution is 6.31. The van der Waals surface area contributed by atoms with E-state index in [-0.39, 0.29) is 5.28 Å². The lowest BCUT2D eigenvalue weighted by atomic mass is 10.5. The van der Waals surface area contributed by atoms with Crippen molar-refractivity contribution in [2.75, 3.05) is 0 Å². The zero-order valence-corrected chi connectivity index (χ0v) is 8.79. The lowest BCUT2D eigenvalue weighted by Crippen LogP contribution is -2.00. The molecule has 2 aromatic rings. The second-order valence-corrected chi connectivity index (χ2v) is 3.39. The molecule has 0 spiro atoms. The molecule has 4 nitrogen and oxygen atoms in total. The lowest BCUT2D eigenvalue weighted by Gasteiger charge is -2.03. The zero-order chi connectivity index (χ0) is 10.1. The van der Waals surface area contributed by atoms with Crippen molar-refractivity contribution in [3.63, 3.8) is 0 Å². The molecule has 0 atom stereocenters. The minimum absolute atomic E-state index is 0.126. The minimum atomic E-state index is 0.126. The molecule has 72 valence electrons. The van der Waals surface area contributed by atoms with Crippen LogP contribution in [0.1, 0.15) is 5.82 Å². The number of imidazole rings is 1. The van der Waals surface area contributed by atoms with Gasteiger partial charge in [0, 0.05) is 18.5 Å². The molecule has 6 heteroatoms.